The quantitative estimate of drug-likeness (QED) is 0.653. The Balaban J connectivity index is 0.00000264. The first-order chi connectivity index (χ1) is 10.4. The van der Waals surface area contributed by atoms with E-state index in [4.69, 9.17) is 14.2 Å². The van der Waals surface area contributed by atoms with Crippen LogP contribution in [0, 0.1) is 30.1 Å². The molecule has 0 bridgehead atoms. The third kappa shape index (κ3) is 5.00. The SMILES string of the molecule is CCC1OC(O[C@@H]2[CH-][C@H](C)OC(CC)[C@@H]2C)C(C)[C@@H](C)[C@H]1C.[Y]. The molecule has 0 N–H and O–H groups in total. The first-order valence-electron chi connectivity index (χ1n) is 9.20. The average Bonchev–Trinajstić information content (AvgIpc) is 2.50. The molecular weight excluding hydrogens is 365 g/mol. The number of rotatable bonds is 4. The third-order valence-electron chi connectivity index (χ3n) is 6.03. The van der Waals surface area contributed by atoms with Crippen molar-refractivity contribution in [1.82, 2.24) is 0 Å². The Kier molecular flexibility index (Phi) is 9.21. The molecule has 9 atom stereocenters. The van der Waals surface area contributed by atoms with Gasteiger partial charge in [0.1, 0.15) is 0 Å². The van der Waals surface area contributed by atoms with Gasteiger partial charge in [0.2, 0.25) is 0 Å². The molecule has 2 aliphatic rings. The van der Waals surface area contributed by atoms with Crippen LogP contribution in [-0.4, -0.2) is 30.7 Å². The predicted octanol–water partition coefficient (Wildman–Crippen LogP) is 4.45. The predicted molar refractivity (Wildman–Crippen MR) is 89.4 cm³/mol. The van der Waals surface area contributed by atoms with E-state index >= 15 is 0 Å². The standard InChI is InChI=1S/C19H35O3.Y/c1-8-16-13(5)12(4)14(6)19(21-16)22-18-10-11(3)20-17(9-2)15(18)7;/h10-19H,8-9H2,1-7H3;/q-1;/t11-,12-,13+,14?,15-,16?,17?,18+,19?;/m0./s1. The Morgan fingerprint density at radius 2 is 1.35 bits per heavy atom. The van der Waals surface area contributed by atoms with Crippen LogP contribution in [0.15, 0.2) is 0 Å². The fourth-order valence-corrected chi connectivity index (χ4v) is 4.00. The maximum atomic E-state index is 6.45. The summed E-state index contributed by atoms with van der Waals surface area (Å²) in [6, 6.07) is 0. The van der Waals surface area contributed by atoms with Crippen molar-refractivity contribution in [1.29, 1.82) is 0 Å². The zero-order valence-corrected chi connectivity index (χ0v) is 18.8. The van der Waals surface area contributed by atoms with Crippen molar-refractivity contribution in [3.8, 4) is 0 Å². The van der Waals surface area contributed by atoms with Crippen molar-refractivity contribution >= 4 is 0 Å². The van der Waals surface area contributed by atoms with Crippen molar-refractivity contribution in [2.24, 2.45) is 23.7 Å². The van der Waals surface area contributed by atoms with Crippen LogP contribution in [0.25, 0.3) is 0 Å². The van der Waals surface area contributed by atoms with Crippen LogP contribution in [0.2, 0.25) is 0 Å². The van der Waals surface area contributed by atoms with Crippen LogP contribution in [0.1, 0.15) is 61.3 Å². The molecule has 133 valence electrons. The summed E-state index contributed by atoms with van der Waals surface area (Å²) in [5.41, 5.74) is 0. The molecule has 2 heterocycles. The van der Waals surface area contributed by atoms with E-state index in [2.05, 4.69) is 54.9 Å². The summed E-state index contributed by atoms with van der Waals surface area (Å²) in [5.74, 6) is 2.03. The monoisotopic (exact) mass is 400 g/mol. The van der Waals surface area contributed by atoms with E-state index < -0.39 is 0 Å². The molecule has 0 aromatic carbocycles. The van der Waals surface area contributed by atoms with E-state index in [-0.39, 0.29) is 57.3 Å². The number of ether oxygens (including phenoxy) is 3. The molecule has 0 saturated carbocycles. The van der Waals surface area contributed by atoms with Gasteiger partial charge >= 0.3 is 0 Å². The minimum atomic E-state index is -0.0948. The zero-order valence-electron chi connectivity index (χ0n) is 16.0. The van der Waals surface area contributed by atoms with Gasteiger partial charge in [0.05, 0.1) is 12.2 Å². The van der Waals surface area contributed by atoms with Gasteiger partial charge in [-0.2, -0.15) is 0 Å². The van der Waals surface area contributed by atoms with Gasteiger partial charge in [-0.05, 0) is 30.6 Å². The first kappa shape index (κ1) is 22.0. The molecule has 0 spiro atoms. The summed E-state index contributed by atoms with van der Waals surface area (Å²) in [6.07, 6.45) is 5.07. The van der Waals surface area contributed by atoms with Crippen LogP contribution >= 0.6 is 0 Å². The van der Waals surface area contributed by atoms with E-state index in [1.165, 1.54) is 0 Å². The Bertz CT molecular complexity index is 350. The van der Waals surface area contributed by atoms with E-state index in [1.54, 1.807) is 0 Å². The molecule has 2 saturated heterocycles. The molecule has 2 rings (SSSR count). The summed E-state index contributed by atoms with van der Waals surface area (Å²) in [7, 11) is 0. The zero-order chi connectivity index (χ0) is 16.4. The van der Waals surface area contributed by atoms with Gasteiger partial charge in [-0.1, -0.05) is 60.7 Å². The molecule has 1 radical (unpaired) electrons. The summed E-state index contributed by atoms with van der Waals surface area (Å²) < 4.78 is 18.8. The normalized spacial score (nSPS) is 47.9. The van der Waals surface area contributed by atoms with Crippen molar-refractivity contribution in [2.45, 2.75) is 92.0 Å². The Labute approximate surface area is 168 Å². The number of hydrogen-bond acceptors (Lipinski definition) is 3. The van der Waals surface area contributed by atoms with Crippen LogP contribution in [-0.2, 0) is 46.9 Å². The van der Waals surface area contributed by atoms with E-state index in [1.807, 2.05) is 0 Å². The molecule has 0 amide bonds. The fraction of sp³-hybridized carbons (Fsp3) is 0.947. The van der Waals surface area contributed by atoms with Crippen molar-refractivity contribution in [3.05, 3.63) is 6.42 Å². The molecule has 0 aromatic heterocycles. The smallest absolute Gasteiger partial charge is 0.157 e. The van der Waals surface area contributed by atoms with Gasteiger partial charge in [-0.3, -0.25) is 6.42 Å². The molecule has 2 aliphatic heterocycles. The molecule has 0 aliphatic carbocycles. The molecule has 0 aromatic rings. The van der Waals surface area contributed by atoms with Gasteiger partial charge in [0.25, 0.3) is 0 Å². The Morgan fingerprint density at radius 3 is 1.91 bits per heavy atom. The summed E-state index contributed by atoms with van der Waals surface area (Å²) in [5, 5.41) is 0. The number of hydrogen-bond donors (Lipinski definition) is 0. The van der Waals surface area contributed by atoms with Crippen LogP contribution in [0.5, 0.6) is 0 Å². The van der Waals surface area contributed by atoms with Gasteiger partial charge in [-0.15, -0.1) is 0 Å². The van der Waals surface area contributed by atoms with Crippen LogP contribution in [0.3, 0.4) is 0 Å². The van der Waals surface area contributed by atoms with Crippen molar-refractivity contribution in [2.75, 3.05) is 0 Å². The van der Waals surface area contributed by atoms with E-state index in [9.17, 15) is 0 Å². The van der Waals surface area contributed by atoms with E-state index in [0.29, 0.717) is 29.8 Å². The summed E-state index contributed by atoms with van der Waals surface area (Å²) in [6.45, 7) is 15.7. The summed E-state index contributed by atoms with van der Waals surface area (Å²) >= 11 is 0. The molecular formula is C19H35O3Y-. The first-order valence-corrected chi connectivity index (χ1v) is 9.20. The van der Waals surface area contributed by atoms with Gasteiger partial charge < -0.3 is 14.2 Å². The van der Waals surface area contributed by atoms with Crippen LogP contribution in [0.4, 0.5) is 0 Å². The van der Waals surface area contributed by atoms with Crippen molar-refractivity contribution < 1.29 is 46.9 Å². The molecule has 2 fully saturated rings. The van der Waals surface area contributed by atoms with Gasteiger partial charge in [0, 0.05) is 38.6 Å². The molecule has 23 heavy (non-hydrogen) atoms. The van der Waals surface area contributed by atoms with Gasteiger partial charge in [-0.25, -0.2) is 0 Å². The Morgan fingerprint density at radius 1 is 0.783 bits per heavy atom. The molecule has 4 unspecified atom stereocenters. The van der Waals surface area contributed by atoms with Gasteiger partial charge in [0.15, 0.2) is 6.29 Å². The third-order valence-corrected chi connectivity index (χ3v) is 6.03. The summed E-state index contributed by atoms with van der Waals surface area (Å²) in [4.78, 5) is 0. The van der Waals surface area contributed by atoms with E-state index in [0.717, 1.165) is 12.8 Å². The average molecular weight is 400 g/mol. The fourth-order valence-electron chi connectivity index (χ4n) is 4.00. The minimum absolute atomic E-state index is 0. The Hall–Kier alpha value is 0.984. The maximum absolute atomic E-state index is 6.45. The largest absolute Gasteiger partial charge is 0.407 e. The minimum Gasteiger partial charge on any atom is -0.407 e. The molecule has 4 heteroatoms. The maximum Gasteiger partial charge on any atom is 0.157 e. The molecule has 3 nitrogen and oxygen atoms in total. The second-order valence-electron chi connectivity index (χ2n) is 7.47. The second-order valence-corrected chi connectivity index (χ2v) is 7.47. The second kappa shape index (κ2) is 9.62. The van der Waals surface area contributed by atoms with Crippen LogP contribution < -0.4 is 0 Å². The topological polar surface area (TPSA) is 27.7 Å². The van der Waals surface area contributed by atoms with Crippen molar-refractivity contribution in [3.63, 3.8) is 0 Å².